The van der Waals surface area contributed by atoms with Crippen LogP contribution in [0.3, 0.4) is 0 Å². The molecule has 10 heavy (non-hydrogen) atoms. The van der Waals surface area contributed by atoms with Gasteiger partial charge in [-0.2, -0.15) is 0 Å². The van der Waals surface area contributed by atoms with Gasteiger partial charge in [-0.15, -0.1) is 0 Å². The molecule has 0 atom stereocenters. The second-order valence-electron chi connectivity index (χ2n) is 2.67. The molecule has 0 aliphatic rings. The van der Waals surface area contributed by atoms with Crippen LogP contribution in [0.25, 0.3) is 0 Å². The van der Waals surface area contributed by atoms with Crippen molar-refractivity contribution < 1.29 is 0 Å². The van der Waals surface area contributed by atoms with E-state index in [9.17, 15) is 0 Å². The zero-order valence-electron chi connectivity index (χ0n) is 6.46. The standard InChI is InChI=1S/C6H5.C3H7.Sn/c1-2-4-6-5-3-1;1-3-2;/h1-5H;3H,1-2H3;. The first kappa shape index (κ1) is 8.12. The maximum atomic E-state index is 2.32. The van der Waals surface area contributed by atoms with E-state index in [1.165, 1.54) is 0 Å². The quantitative estimate of drug-likeness (QED) is 0.690. The van der Waals surface area contributed by atoms with Gasteiger partial charge in [0.2, 0.25) is 0 Å². The molecule has 52 valence electrons. The van der Waals surface area contributed by atoms with Gasteiger partial charge >= 0.3 is 72.8 Å². The van der Waals surface area contributed by atoms with E-state index in [2.05, 4.69) is 44.2 Å². The molecule has 0 unspecified atom stereocenters. The Morgan fingerprint density at radius 2 is 1.70 bits per heavy atom. The molecule has 0 heterocycles. The first-order valence-corrected chi connectivity index (χ1v) is 6.68. The Morgan fingerprint density at radius 3 is 2.20 bits per heavy atom. The van der Waals surface area contributed by atoms with Crippen LogP contribution in [0.5, 0.6) is 0 Å². The molecule has 0 amide bonds. The van der Waals surface area contributed by atoms with Crippen LogP contribution < -0.4 is 3.58 Å². The summed E-state index contributed by atoms with van der Waals surface area (Å²) < 4.78 is 2.55. The predicted octanol–water partition coefficient (Wildman–Crippen LogP) is 1.84. The third kappa shape index (κ3) is 2.73. The second-order valence-corrected chi connectivity index (χ2v) is 8.43. The van der Waals surface area contributed by atoms with Gasteiger partial charge in [0.15, 0.2) is 0 Å². The fraction of sp³-hybridized carbons (Fsp3) is 0.333. The van der Waals surface area contributed by atoms with E-state index in [1.54, 1.807) is 3.58 Å². The van der Waals surface area contributed by atoms with Gasteiger partial charge in [0.05, 0.1) is 0 Å². The maximum absolute atomic E-state index is 2.32. The van der Waals surface area contributed by atoms with Crippen LogP contribution in [0.4, 0.5) is 0 Å². The molecule has 0 spiro atoms. The summed E-state index contributed by atoms with van der Waals surface area (Å²) in [7, 11) is 0. The van der Waals surface area contributed by atoms with Crippen LogP contribution in [0.1, 0.15) is 13.8 Å². The van der Waals surface area contributed by atoms with E-state index in [0.29, 0.717) is 0 Å². The van der Waals surface area contributed by atoms with Crippen molar-refractivity contribution in [1.82, 2.24) is 0 Å². The van der Waals surface area contributed by atoms with E-state index in [-0.39, 0.29) is 21.1 Å². The minimum absolute atomic E-state index is 0.239. The average Bonchev–Trinajstić information content (AvgIpc) is 1.88. The predicted molar refractivity (Wildman–Crippen MR) is 46.9 cm³/mol. The van der Waals surface area contributed by atoms with Crippen LogP contribution in [0, 0.1) is 0 Å². The van der Waals surface area contributed by atoms with E-state index in [0.717, 1.165) is 3.93 Å². The number of hydrogen-bond acceptors (Lipinski definition) is 0. The average molecular weight is 239 g/mol. The van der Waals surface area contributed by atoms with Crippen LogP contribution in [0.2, 0.25) is 3.93 Å². The van der Waals surface area contributed by atoms with Gasteiger partial charge in [-0.3, -0.25) is 0 Å². The third-order valence-corrected chi connectivity index (χ3v) is 4.78. The van der Waals surface area contributed by atoms with Crippen molar-refractivity contribution in [3.8, 4) is 0 Å². The van der Waals surface area contributed by atoms with Crippen LogP contribution in [0.15, 0.2) is 30.3 Å². The summed E-state index contributed by atoms with van der Waals surface area (Å²) in [5, 5.41) is 0. The van der Waals surface area contributed by atoms with Gasteiger partial charge in [-0.1, -0.05) is 0 Å². The monoisotopic (exact) mass is 240 g/mol. The molecule has 1 heteroatoms. The summed E-state index contributed by atoms with van der Waals surface area (Å²) in [6, 6.07) is 10.9. The Labute approximate surface area is 72.9 Å². The molecule has 1 rings (SSSR count). The van der Waals surface area contributed by atoms with Crippen molar-refractivity contribution in [2.24, 2.45) is 0 Å². The molecule has 0 aliphatic carbocycles. The Balaban J connectivity index is 2.59. The Kier molecular flexibility index (Phi) is 3.26. The summed E-state index contributed by atoms with van der Waals surface area (Å²) in [5.74, 6) is 0. The van der Waals surface area contributed by atoms with Gasteiger partial charge < -0.3 is 0 Å². The first-order chi connectivity index (χ1) is 4.79. The van der Waals surface area contributed by atoms with Gasteiger partial charge in [-0.05, 0) is 0 Å². The molecule has 0 nitrogen and oxygen atoms in total. The van der Waals surface area contributed by atoms with Gasteiger partial charge in [0.25, 0.3) is 0 Å². The zero-order valence-corrected chi connectivity index (χ0v) is 9.32. The molecule has 0 aromatic heterocycles. The number of rotatable bonds is 2. The normalized spacial score (nSPS) is 10.3. The first-order valence-electron chi connectivity index (χ1n) is 3.60. The Bertz CT molecular complexity index is 179. The fourth-order valence-corrected chi connectivity index (χ4v) is 3.87. The molecular weight excluding hydrogens is 227 g/mol. The topological polar surface area (TPSA) is 0 Å². The molecule has 0 saturated heterocycles. The molecule has 0 bridgehead atoms. The van der Waals surface area contributed by atoms with Gasteiger partial charge in [0, 0.05) is 0 Å². The van der Waals surface area contributed by atoms with Crippen molar-refractivity contribution in [2.75, 3.05) is 0 Å². The van der Waals surface area contributed by atoms with E-state index in [1.807, 2.05) is 0 Å². The molecule has 1 aromatic carbocycles. The SMILES string of the molecule is C[CH](C)[Sn][c]1ccccc1. The molecular formula is C9H12Sn. The molecule has 0 N–H and O–H groups in total. The van der Waals surface area contributed by atoms with Gasteiger partial charge in [0.1, 0.15) is 0 Å². The summed E-state index contributed by atoms with van der Waals surface area (Å²) in [6.45, 7) is 4.64. The van der Waals surface area contributed by atoms with E-state index >= 15 is 0 Å². The summed E-state index contributed by atoms with van der Waals surface area (Å²) in [6.07, 6.45) is 0. The number of benzene rings is 1. The van der Waals surface area contributed by atoms with Crippen LogP contribution in [-0.4, -0.2) is 21.1 Å². The zero-order chi connectivity index (χ0) is 7.40. The van der Waals surface area contributed by atoms with Crippen molar-refractivity contribution in [2.45, 2.75) is 17.8 Å². The van der Waals surface area contributed by atoms with Crippen molar-refractivity contribution >= 4 is 24.7 Å². The Hall–Kier alpha value is 0.0187. The van der Waals surface area contributed by atoms with Crippen molar-refractivity contribution in [3.63, 3.8) is 0 Å². The summed E-state index contributed by atoms with van der Waals surface area (Å²) in [4.78, 5) is 0. The summed E-state index contributed by atoms with van der Waals surface area (Å²) >= 11 is -0.239. The van der Waals surface area contributed by atoms with Gasteiger partial charge in [-0.25, -0.2) is 0 Å². The Morgan fingerprint density at radius 1 is 1.10 bits per heavy atom. The van der Waals surface area contributed by atoms with Crippen LogP contribution >= 0.6 is 0 Å². The van der Waals surface area contributed by atoms with Crippen molar-refractivity contribution in [3.05, 3.63) is 30.3 Å². The molecule has 1 aromatic rings. The van der Waals surface area contributed by atoms with E-state index < -0.39 is 0 Å². The van der Waals surface area contributed by atoms with Crippen LogP contribution in [-0.2, 0) is 0 Å². The third-order valence-electron chi connectivity index (χ3n) is 1.23. The fourth-order valence-electron chi connectivity index (χ4n) is 0.868. The van der Waals surface area contributed by atoms with E-state index in [4.69, 9.17) is 0 Å². The molecule has 2 radical (unpaired) electrons. The van der Waals surface area contributed by atoms with Crippen molar-refractivity contribution in [1.29, 1.82) is 0 Å². The minimum atomic E-state index is -0.239. The second kappa shape index (κ2) is 4.01. The summed E-state index contributed by atoms with van der Waals surface area (Å²) in [5.41, 5.74) is 0. The molecule has 0 aliphatic heterocycles. The number of hydrogen-bond donors (Lipinski definition) is 0. The molecule has 0 fully saturated rings. The molecule has 0 saturated carbocycles.